The maximum atomic E-state index is 3.78. The van der Waals surface area contributed by atoms with Gasteiger partial charge < -0.3 is 0 Å². The second-order valence-electron chi connectivity index (χ2n) is 7.92. The molecule has 0 amide bonds. The summed E-state index contributed by atoms with van der Waals surface area (Å²) >= 11 is 3.78. The average molecular weight is 403 g/mol. The van der Waals surface area contributed by atoms with Crippen LogP contribution in [0.15, 0.2) is 0 Å². The maximum Gasteiger partial charge on any atom is 0.0656 e. The lowest BCUT2D eigenvalue weighted by molar-refractivity contribution is 0.311. The van der Waals surface area contributed by atoms with Crippen molar-refractivity contribution in [3.8, 4) is 0 Å². The Morgan fingerprint density at radius 2 is 1.08 bits per heavy atom. The van der Waals surface area contributed by atoms with Crippen molar-refractivity contribution in [2.24, 2.45) is 0 Å². The summed E-state index contributed by atoms with van der Waals surface area (Å²) in [6.45, 7) is 4.93. The first-order valence-electron chi connectivity index (χ1n) is 11.2. The summed E-state index contributed by atoms with van der Waals surface area (Å²) in [6.07, 6.45) is 26.1. The molecule has 1 atom stereocenters. The molecule has 24 heavy (non-hydrogen) atoms. The number of halogens is 1. The van der Waals surface area contributed by atoms with Crippen LogP contribution in [0.3, 0.4) is 0 Å². The number of likely N-dealkylation sites (tertiary alicyclic amines) is 1. The molecule has 0 saturated carbocycles. The van der Waals surface area contributed by atoms with E-state index in [1.807, 2.05) is 0 Å². The first kappa shape index (κ1) is 22.5. The molecular formula is C22H44BrN. The Kier molecular flexibility index (Phi) is 15.8. The van der Waals surface area contributed by atoms with Gasteiger partial charge in [-0.2, -0.15) is 0 Å². The van der Waals surface area contributed by atoms with Crippen molar-refractivity contribution in [3.63, 3.8) is 0 Å². The molecule has 0 aromatic heterocycles. The van der Waals surface area contributed by atoms with Crippen LogP contribution in [-0.2, 0) is 0 Å². The van der Waals surface area contributed by atoms with Crippen LogP contribution < -0.4 is 0 Å². The Bertz CT molecular complexity index is 256. The number of rotatable bonds is 17. The Morgan fingerprint density at radius 1 is 0.667 bits per heavy atom. The molecule has 2 heteroatoms. The van der Waals surface area contributed by atoms with Gasteiger partial charge in [0.05, 0.1) is 4.95 Å². The zero-order chi connectivity index (χ0) is 17.3. The van der Waals surface area contributed by atoms with Crippen molar-refractivity contribution in [3.05, 3.63) is 0 Å². The monoisotopic (exact) mass is 401 g/mol. The third-order valence-electron chi connectivity index (χ3n) is 5.58. The van der Waals surface area contributed by atoms with Crippen molar-refractivity contribution in [2.45, 2.75) is 127 Å². The van der Waals surface area contributed by atoms with Crippen molar-refractivity contribution >= 4 is 15.9 Å². The van der Waals surface area contributed by atoms with Gasteiger partial charge in [-0.1, -0.05) is 119 Å². The van der Waals surface area contributed by atoms with E-state index in [4.69, 9.17) is 0 Å². The lowest BCUT2D eigenvalue weighted by Gasteiger charge is -2.19. The molecule has 1 aliphatic heterocycles. The highest BCUT2D eigenvalue weighted by Crippen LogP contribution is 2.22. The summed E-state index contributed by atoms with van der Waals surface area (Å²) < 4.78 is 0. The van der Waals surface area contributed by atoms with Gasteiger partial charge in [0.25, 0.3) is 0 Å². The van der Waals surface area contributed by atoms with Gasteiger partial charge in [-0.25, -0.2) is 0 Å². The highest BCUT2D eigenvalue weighted by Gasteiger charge is 2.20. The van der Waals surface area contributed by atoms with Crippen LogP contribution in [0.5, 0.6) is 0 Å². The second kappa shape index (κ2) is 16.9. The summed E-state index contributed by atoms with van der Waals surface area (Å²) in [5.74, 6) is 0. The van der Waals surface area contributed by atoms with E-state index in [2.05, 4.69) is 27.8 Å². The summed E-state index contributed by atoms with van der Waals surface area (Å²) in [6, 6.07) is 0. The molecule has 1 unspecified atom stereocenters. The van der Waals surface area contributed by atoms with E-state index in [1.54, 1.807) is 0 Å². The SMILES string of the molecule is CCCCCCCCCCCCCCCCCCN1CCCC1Br. The van der Waals surface area contributed by atoms with E-state index >= 15 is 0 Å². The minimum atomic E-state index is 0.675. The van der Waals surface area contributed by atoms with Crippen molar-refractivity contribution in [1.29, 1.82) is 0 Å². The van der Waals surface area contributed by atoms with Crippen molar-refractivity contribution < 1.29 is 0 Å². The molecule has 0 N–H and O–H groups in total. The smallest absolute Gasteiger partial charge is 0.0656 e. The standard InChI is InChI=1S/C22H44BrN/c1-2-3-4-5-6-7-8-9-10-11-12-13-14-15-16-17-20-24-21-18-19-22(24)23/h22H,2-21H2,1H3. The van der Waals surface area contributed by atoms with Gasteiger partial charge >= 0.3 is 0 Å². The topological polar surface area (TPSA) is 3.24 Å². The van der Waals surface area contributed by atoms with Crippen molar-refractivity contribution in [1.82, 2.24) is 4.90 Å². The molecule has 1 fully saturated rings. The lowest BCUT2D eigenvalue weighted by atomic mass is 10.0. The normalized spacial score (nSPS) is 18.5. The fraction of sp³-hybridized carbons (Fsp3) is 1.00. The minimum absolute atomic E-state index is 0.675. The number of hydrogen-bond donors (Lipinski definition) is 0. The number of hydrogen-bond acceptors (Lipinski definition) is 1. The predicted octanol–water partition coefficient (Wildman–Crippen LogP) is 8.06. The molecule has 1 saturated heterocycles. The first-order valence-corrected chi connectivity index (χ1v) is 12.1. The van der Waals surface area contributed by atoms with Gasteiger partial charge in [0.1, 0.15) is 0 Å². The van der Waals surface area contributed by atoms with E-state index in [0.717, 1.165) is 0 Å². The van der Waals surface area contributed by atoms with E-state index in [0.29, 0.717) is 4.95 Å². The van der Waals surface area contributed by atoms with E-state index < -0.39 is 0 Å². The third-order valence-corrected chi connectivity index (χ3v) is 6.62. The van der Waals surface area contributed by atoms with Crippen LogP contribution in [0.25, 0.3) is 0 Å². The molecule has 1 rings (SSSR count). The predicted molar refractivity (Wildman–Crippen MR) is 113 cm³/mol. The van der Waals surface area contributed by atoms with E-state index in [-0.39, 0.29) is 0 Å². The van der Waals surface area contributed by atoms with E-state index in [9.17, 15) is 0 Å². The summed E-state index contributed by atoms with van der Waals surface area (Å²) in [5.41, 5.74) is 0. The van der Waals surface area contributed by atoms with Crippen LogP contribution >= 0.6 is 15.9 Å². The van der Waals surface area contributed by atoms with Crippen molar-refractivity contribution in [2.75, 3.05) is 13.1 Å². The number of nitrogens with zero attached hydrogens (tertiary/aromatic N) is 1. The highest BCUT2D eigenvalue weighted by molar-refractivity contribution is 9.09. The van der Waals surface area contributed by atoms with Gasteiger partial charge in [-0.3, -0.25) is 4.90 Å². The summed E-state index contributed by atoms with van der Waals surface area (Å²) in [5, 5.41) is 0. The highest BCUT2D eigenvalue weighted by atomic mass is 79.9. The molecule has 0 bridgehead atoms. The average Bonchev–Trinajstić information content (AvgIpc) is 2.99. The fourth-order valence-electron chi connectivity index (χ4n) is 3.90. The molecule has 0 aromatic carbocycles. The Labute approximate surface area is 161 Å². The molecule has 1 aliphatic rings. The molecule has 0 aromatic rings. The van der Waals surface area contributed by atoms with Gasteiger partial charge in [0.2, 0.25) is 0 Å². The molecule has 0 radical (unpaired) electrons. The second-order valence-corrected chi connectivity index (χ2v) is 8.97. The largest absolute Gasteiger partial charge is 0.291 e. The van der Waals surface area contributed by atoms with E-state index in [1.165, 1.54) is 129 Å². The first-order chi connectivity index (χ1) is 11.8. The maximum absolute atomic E-state index is 3.78. The Hall–Kier alpha value is 0.440. The molecule has 1 heterocycles. The minimum Gasteiger partial charge on any atom is -0.291 e. The Balaban J connectivity index is 1.67. The Morgan fingerprint density at radius 3 is 1.46 bits per heavy atom. The molecule has 144 valence electrons. The molecular weight excluding hydrogens is 358 g/mol. The zero-order valence-electron chi connectivity index (χ0n) is 16.5. The van der Waals surface area contributed by atoms with Gasteiger partial charge in [0, 0.05) is 0 Å². The molecule has 1 nitrogen and oxygen atoms in total. The summed E-state index contributed by atoms with van der Waals surface area (Å²) in [7, 11) is 0. The van der Waals surface area contributed by atoms with Crippen LogP contribution in [0, 0.1) is 0 Å². The third kappa shape index (κ3) is 12.8. The number of unbranched alkanes of at least 4 members (excludes halogenated alkanes) is 15. The van der Waals surface area contributed by atoms with Gasteiger partial charge in [-0.05, 0) is 32.4 Å². The van der Waals surface area contributed by atoms with Crippen LogP contribution in [0.4, 0.5) is 0 Å². The zero-order valence-corrected chi connectivity index (χ0v) is 18.1. The molecule has 0 aliphatic carbocycles. The quantitative estimate of drug-likeness (QED) is 0.135. The van der Waals surface area contributed by atoms with Gasteiger partial charge in [0.15, 0.2) is 0 Å². The van der Waals surface area contributed by atoms with Gasteiger partial charge in [-0.15, -0.1) is 0 Å². The number of alkyl halides is 1. The van der Waals surface area contributed by atoms with Crippen LogP contribution in [-0.4, -0.2) is 22.9 Å². The fourth-order valence-corrected chi connectivity index (χ4v) is 4.63. The lowest BCUT2D eigenvalue weighted by Crippen LogP contribution is -2.25. The van der Waals surface area contributed by atoms with Crippen LogP contribution in [0.1, 0.15) is 122 Å². The van der Waals surface area contributed by atoms with Crippen LogP contribution in [0.2, 0.25) is 0 Å². The summed E-state index contributed by atoms with van der Waals surface area (Å²) in [4.78, 5) is 3.29. The molecule has 0 spiro atoms.